The van der Waals surface area contributed by atoms with E-state index in [-0.39, 0.29) is 11.1 Å². The lowest BCUT2D eigenvalue weighted by atomic mass is 10.1. The van der Waals surface area contributed by atoms with Crippen molar-refractivity contribution in [3.63, 3.8) is 0 Å². The second-order valence-electron chi connectivity index (χ2n) is 5.53. The zero-order valence-electron chi connectivity index (χ0n) is 13.4. The maximum Gasteiger partial charge on any atom is 0.263 e. The predicted molar refractivity (Wildman–Crippen MR) is 95.8 cm³/mol. The van der Waals surface area contributed by atoms with Crippen molar-refractivity contribution in [2.75, 3.05) is 5.32 Å². The molecule has 6 heteroatoms. The number of thiazole rings is 1. The summed E-state index contributed by atoms with van der Waals surface area (Å²) in [6.07, 6.45) is 1.69. The number of benzene rings is 1. The van der Waals surface area contributed by atoms with Crippen molar-refractivity contribution in [1.82, 2.24) is 9.55 Å². The largest absolute Gasteiger partial charge is 0.310 e. The SMILES string of the molecule is Cc1csc(NC(=O)c2cccn(Cc3ccccc3C)c2=O)n1. The van der Waals surface area contributed by atoms with Gasteiger partial charge >= 0.3 is 0 Å². The highest BCUT2D eigenvalue weighted by atomic mass is 32.1. The van der Waals surface area contributed by atoms with Gasteiger partial charge in [0, 0.05) is 11.6 Å². The number of anilines is 1. The smallest absolute Gasteiger partial charge is 0.263 e. The highest BCUT2D eigenvalue weighted by Gasteiger charge is 2.14. The lowest BCUT2D eigenvalue weighted by Gasteiger charge is -2.10. The van der Waals surface area contributed by atoms with E-state index in [1.54, 1.807) is 16.8 Å². The van der Waals surface area contributed by atoms with Crippen molar-refractivity contribution in [3.05, 3.63) is 80.7 Å². The Morgan fingerprint density at radius 3 is 2.71 bits per heavy atom. The van der Waals surface area contributed by atoms with Gasteiger partial charge in [0.1, 0.15) is 5.56 Å². The number of hydrogen-bond donors (Lipinski definition) is 1. The fraction of sp³-hybridized carbons (Fsp3) is 0.167. The summed E-state index contributed by atoms with van der Waals surface area (Å²) < 4.78 is 1.55. The van der Waals surface area contributed by atoms with Gasteiger partial charge in [-0.15, -0.1) is 11.3 Å². The average molecular weight is 339 g/mol. The van der Waals surface area contributed by atoms with Gasteiger partial charge in [-0.3, -0.25) is 14.9 Å². The first-order valence-corrected chi connectivity index (χ1v) is 8.40. The molecule has 0 atom stereocenters. The lowest BCUT2D eigenvalue weighted by molar-refractivity contribution is 0.102. The van der Waals surface area contributed by atoms with E-state index in [1.165, 1.54) is 17.4 Å². The van der Waals surface area contributed by atoms with Crippen LogP contribution in [0, 0.1) is 13.8 Å². The van der Waals surface area contributed by atoms with Gasteiger partial charge in [0.05, 0.1) is 12.2 Å². The highest BCUT2D eigenvalue weighted by molar-refractivity contribution is 7.13. The summed E-state index contributed by atoms with van der Waals surface area (Å²) in [5.41, 5.74) is 2.79. The van der Waals surface area contributed by atoms with Crippen LogP contribution in [0.1, 0.15) is 27.2 Å². The Morgan fingerprint density at radius 1 is 1.21 bits per heavy atom. The molecule has 0 spiro atoms. The molecule has 122 valence electrons. The van der Waals surface area contributed by atoms with E-state index in [4.69, 9.17) is 0 Å². The molecule has 1 N–H and O–H groups in total. The third kappa shape index (κ3) is 3.44. The Hall–Kier alpha value is -2.73. The van der Waals surface area contributed by atoms with Gasteiger partial charge in [0.15, 0.2) is 5.13 Å². The van der Waals surface area contributed by atoms with Gasteiger partial charge in [-0.05, 0) is 37.1 Å². The third-order valence-electron chi connectivity index (χ3n) is 3.71. The van der Waals surface area contributed by atoms with Gasteiger partial charge < -0.3 is 4.57 Å². The first-order valence-electron chi connectivity index (χ1n) is 7.52. The number of rotatable bonds is 4. The maximum absolute atomic E-state index is 12.6. The molecule has 0 aliphatic carbocycles. The van der Waals surface area contributed by atoms with Crippen molar-refractivity contribution in [1.29, 1.82) is 0 Å². The molecule has 0 saturated carbocycles. The molecule has 5 nitrogen and oxygen atoms in total. The molecule has 1 amide bonds. The molecular weight excluding hydrogens is 322 g/mol. The first-order chi connectivity index (χ1) is 11.5. The molecule has 2 aromatic heterocycles. The highest BCUT2D eigenvalue weighted by Crippen LogP contribution is 2.15. The zero-order valence-corrected chi connectivity index (χ0v) is 14.3. The fourth-order valence-corrected chi connectivity index (χ4v) is 3.06. The summed E-state index contributed by atoms with van der Waals surface area (Å²) in [5, 5.41) is 5.01. The molecule has 0 bridgehead atoms. The number of aromatic nitrogens is 2. The minimum Gasteiger partial charge on any atom is -0.310 e. The van der Waals surface area contributed by atoms with Gasteiger partial charge in [0.2, 0.25) is 0 Å². The Morgan fingerprint density at radius 2 is 2.00 bits per heavy atom. The topological polar surface area (TPSA) is 64.0 Å². The molecule has 0 saturated heterocycles. The van der Waals surface area contributed by atoms with E-state index in [0.29, 0.717) is 11.7 Å². The third-order valence-corrected chi connectivity index (χ3v) is 4.58. The zero-order chi connectivity index (χ0) is 17.1. The minimum absolute atomic E-state index is 0.110. The van der Waals surface area contributed by atoms with Crippen molar-refractivity contribution in [2.24, 2.45) is 0 Å². The van der Waals surface area contributed by atoms with Crippen LogP contribution in [-0.4, -0.2) is 15.5 Å². The van der Waals surface area contributed by atoms with Crippen molar-refractivity contribution < 1.29 is 4.79 Å². The van der Waals surface area contributed by atoms with Crippen LogP contribution in [0.2, 0.25) is 0 Å². The van der Waals surface area contributed by atoms with Crippen LogP contribution in [0.25, 0.3) is 0 Å². The van der Waals surface area contributed by atoms with Gasteiger partial charge in [0.25, 0.3) is 11.5 Å². The number of carbonyl (C=O) groups is 1. The molecule has 0 aliphatic rings. The molecule has 3 rings (SSSR count). The number of pyridine rings is 1. The molecular formula is C18H17N3O2S. The lowest BCUT2D eigenvalue weighted by Crippen LogP contribution is -2.29. The van der Waals surface area contributed by atoms with Gasteiger partial charge in [-0.1, -0.05) is 24.3 Å². The van der Waals surface area contributed by atoms with E-state index in [9.17, 15) is 9.59 Å². The number of amides is 1. The van der Waals surface area contributed by atoms with Crippen molar-refractivity contribution >= 4 is 22.4 Å². The molecule has 2 heterocycles. The molecule has 3 aromatic rings. The quantitative estimate of drug-likeness (QED) is 0.794. The summed E-state index contributed by atoms with van der Waals surface area (Å²) in [6, 6.07) is 11.1. The minimum atomic E-state index is -0.437. The second-order valence-corrected chi connectivity index (χ2v) is 6.39. The number of nitrogens with zero attached hydrogens (tertiary/aromatic N) is 2. The summed E-state index contributed by atoms with van der Waals surface area (Å²) in [6.45, 7) is 4.29. The van der Waals surface area contributed by atoms with Crippen LogP contribution < -0.4 is 10.9 Å². The Kier molecular flexibility index (Phi) is 4.57. The Bertz CT molecular complexity index is 943. The number of carbonyl (C=O) groups excluding carboxylic acids is 1. The molecule has 24 heavy (non-hydrogen) atoms. The van der Waals surface area contributed by atoms with Crippen LogP contribution >= 0.6 is 11.3 Å². The summed E-state index contributed by atoms with van der Waals surface area (Å²) >= 11 is 1.34. The van der Waals surface area contributed by atoms with Crippen molar-refractivity contribution in [3.8, 4) is 0 Å². The van der Waals surface area contributed by atoms with Crippen molar-refractivity contribution in [2.45, 2.75) is 20.4 Å². The summed E-state index contributed by atoms with van der Waals surface area (Å²) in [5.74, 6) is -0.437. The van der Waals surface area contributed by atoms with E-state index < -0.39 is 5.91 Å². The molecule has 0 aliphatic heterocycles. The van der Waals surface area contributed by atoms with E-state index in [0.717, 1.165) is 16.8 Å². The van der Waals surface area contributed by atoms with Crippen LogP contribution in [0.15, 0.2) is 52.8 Å². The van der Waals surface area contributed by atoms with Crippen LogP contribution in [0.3, 0.4) is 0 Å². The standard InChI is InChI=1S/C18H17N3O2S/c1-12-6-3-4-7-14(12)10-21-9-5-8-15(17(21)23)16(22)20-18-19-13(2)11-24-18/h3-9,11H,10H2,1-2H3,(H,19,20,22). The van der Waals surface area contributed by atoms with Crippen LogP contribution in [0.4, 0.5) is 5.13 Å². The van der Waals surface area contributed by atoms with E-state index in [1.807, 2.05) is 43.5 Å². The van der Waals surface area contributed by atoms with Crippen LogP contribution in [-0.2, 0) is 6.54 Å². The van der Waals surface area contributed by atoms with E-state index in [2.05, 4.69) is 10.3 Å². The molecule has 1 aromatic carbocycles. The van der Waals surface area contributed by atoms with Gasteiger partial charge in [-0.2, -0.15) is 0 Å². The predicted octanol–water partition coefficient (Wildman–Crippen LogP) is 3.22. The first kappa shape index (κ1) is 16.1. The summed E-state index contributed by atoms with van der Waals surface area (Å²) in [7, 11) is 0. The molecule has 0 fully saturated rings. The maximum atomic E-state index is 12.6. The number of hydrogen-bond acceptors (Lipinski definition) is 4. The summed E-state index contributed by atoms with van der Waals surface area (Å²) in [4.78, 5) is 29.1. The number of aryl methyl sites for hydroxylation is 2. The Balaban J connectivity index is 1.87. The Labute approximate surface area is 143 Å². The monoisotopic (exact) mass is 339 g/mol. The molecule has 0 radical (unpaired) electrons. The normalized spacial score (nSPS) is 10.6. The van der Waals surface area contributed by atoms with Crippen LogP contribution in [0.5, 0.6) is 0 Å². The van der Waals surface area contributed by atoms with Gasteiger partial charge in [-0.25, -0.2) is 4.98 Å². The average Bonchev–Trinajstić information content (AvgIpc) is 2.96. The molecule has 0 unspecified atom stereocenters. The van der Waals surface area contributed by atoms with E-state index >= 15 is 0 Å². The number of nitrogens with one attached hydrogen (secondary N) is 1. The second kappa shape index (κ2) is 6.80. The fourth-order valence-electron chi connectivity index (χ4n) is 2.38.